The summed E-state index contributed by atoms with van der Waals surface area (Å²) in [4.78, 5) is 12.2. The molecule has 0 fully saturated rings. The maximum Gasteiger partial charge on any atom is 0.286 e. The van der Waals surface area contributed by atoms with E-state index in [9.17, 15) is 4.79 Å². The summed E-state index contributed by atoms with van der Waals surface area (Å²) < 4.78 is 0.950. The zero-order valence-electron chi connectivity index (χ0n) is 12.5. The van der Waals surface area contributed by atoms with Gasteiger partial charge in [0, 0.05) is 15.2 Å². The van der Waals surface area contributed by atoms with E-state index in [0.29, 0.717) is 20.7 Å². The van der Waals surface area contributed by atoms with E-state index in [1.165, 1.54) is 0 Å². The highest BCUT2D eigenvalue weighted by Crippen LogP contribution is 2.26. The zero-order chi connectivity index (χ0) is 17.8. The second-order valence-corrected chi connectivity index (χ2v) is 7.66. The first-order valence-electron chi connectivity index (χ1n) is 7.05. The van der Waals surface area contributed by atoms with Crippen molar-refractivity contribution in [3.8, 4) is 0 Å². The van der Waals surface area contributed by atoms with Crippen molar-refractivity contribution in [2.24, 2.45) is 0 Å². The van der Waals surface area contributed by atoms with Crippen LogP contribution in [0.4, 0.5) is 5.69 Å². The van der Waals surface area contributed by atoms with Crippen LogP contribution in [0.15, 0.2) is 53.0 Å². The number of anilines is 1. The molecule has 1 aromatic heterocycles. The topological polar surface area (TPSA) is 54.9 Å². The number of carbonyl (C=O) groups is 1. The molecule has 0 bridgehead atoms. The minimum absolute atomic E-state index is 0.228. The number of nitrogens with one attached hydrogen (secondary N) is 1. The summed E-state index contributed by atoms with van der Waals surface area (Å²) in [5.41, 5.74) is 1.55. The smallest absolute Gasteiger partial charge is 0.286 e. The van der Waals surface area contributed by atoms with E-state index >= 15 is 0 Å². The minimum Gasteiger partial charge on any atom is -0.320 e. The average Bonchev–Trinajstić information content (AvgIpc) is 3.07. The van der Waals surface area contributed by atoms with Gasteiger partial charge in [-0.25, -0.2) is 0 Å². The molecule has 3 aromatic rings. The second-order valence-electron chi connectivity index (χ2n) is 4.92. The van der Waals surface area contributed by atoms with E-state index in [1.807, 2.05) is 24.3 Å². The molecule has 0 aliphatic heterocycles. The van der Waals surface area contributed by atoms with Gasteiger partial charge in [0.2, 0.25) is 5.01 Å². The van der Waals surface area contributed by atoms with Gasteiger partial charge in [-0.2, -0.15) is 0 Å². The summed E-state index contributed by atoms with van der Waals surface area (Å²) in [6, 6.07) is 14.5. The Hall–Kier alpha value is -1.73. The fraction of sp³-hybridized carbons (Fsp3) is 0. The number of nitrogens with zero attached hydrogens (tertiary/aromatic N) is 2. The molecule has 4 nitrogen and oxygen atoms in total. The maximum absolute atomic E-state index is 12.2. The lowest BCUT2D eigenvalue weighted by Gasteiger charge is -2.01. The molecule has 1 amide bonds. The SMILES string of the molecule is O=C(Nc1ccc(Cl)cc1)c1nnc(/C(Cl)=C/c2cccc(Br)c2)s1. The Morgan fingerprint density at radius 1 is 1.12 bits per heavy atom. The highest BCUT2D eigenvalue weighted by Gasteiger charge is 2.14. The van der Waals surface area contributed by atoms with E-state index in [4.69, 9.17) is 23.2 Å². The Balaban J connectivity index is 1.75. The number of benzene rings is 2. The van der Waals surface area contributed by atoms with Gasteiger partial charge in [0.25, 0.3) is 5.91 Å². The van der Waals surface area contributed by atoms with E-state index in [0.717, 1.165) is 21.4 Å². The van der Waals surface area contributed by atoms with Crippen LogP contribution in [0.1, 0.15) is 20.4 Å². The van der Waals surface area contributed by atoms with Crippen LogP contribution in [0.3, 0.4) is 0 Å². The van der Waals surface area contributed by atoms with Crippen molar-refractivity contribution in [1.29, 1.82) is 0 Å². The van der Waals surface area contributed by atoms with Crippen LogP contribution < -0.4 is 5.32 Å². The first-order chi connectivity index (χ1) is 12.0. The molecule has 3 rings (SSSR count). The normalized spacial score (nSPS) is 11.4. The standard InChI is InChI=1S/C17H10BrCl2N3OS/c18-11-3-1-2-10(8-11)9-14(20)16-22-23-17(25-16)15(24)21-13-6-4-12(19)5-7-13/h1-9H,(H,21,24)/b14-9-. The quantitative estimate of drug-likeness (QED) is 0.530. The highest BCUT2D eigenvalue weighted by atomic mass is 79.9. The molecule has 0 atom stereocenters. The predicted molar refractivity (Wildman–Crippen MR) is 107 cm³/mol. The monoisotopic (exact) mass is 453 g/mol. The maximum atomic E-state index is 12.2. The van der Waals surface area contributed by atoms with Crippen molar-refractivity contribution in [2.75, 3.05) is 5.32 Å². The molecule has 0 spiro atoms. The summed E-state index contributed by atoms with van der Waals surface area (Å²) in [5, 5.41) is 12.3. The number of hydrogen-bond donors (Lipinski definition) is 1. The minimum atomic E-state index is -0.349. The van der Waals surface area contributed by atoms with Crippen molar-refractivity contribution < 1.29 is 4.79 Å². The largest absolute Gasteiger partial charge is 0.320 e. The molecule has 2 aromatic carbocycles. The third kappa shape index (κ3) is 4.89. The van der Waals surface area contributed by atoms with Crippen LogP contribution in [0.25, 0.3) is 11.1 Å². The summed E-state index contributed by atoms with van der Waals surface area (Å²) >= 11 is 16.7. The Kier molecular flexibility index (Phi) is 5.86. The van der Waals surface area contributed by atoms with Crippen LogP contribution in [0.2, 0.25) is 5.02 Å². The van der Waals surface area contributed by atoms with Crippen molar-refractivity contribution in [3.63, 3.8) is 0 Å². The van der Waals surface area contributed by atoms with Crippen LogP contribution in [0.5, 0.6) is 0 Å². The molecule has 0 unspecified atom stereocenters. The van der Waals surface area contributed by atoms with E-state index in [1.54, 1.807) is 30.3 Å². The fourth-order valence-electron chi connectivity index (χ4n) is 1.93. The second kappa shape index (κ2) is 8.10. The molecule has 0 aliphatic rings. The van der Waals surface area contributed by atoms with Crippen molar-refractivity contribution in [1.82, 2.24) is 10.2 Å². The average molecular weight is 455 g/mol. The molecule has 0 saturated heterocycles. The van der Waals surface area contributed by atoms with Gasteiger partial charge in [0.05, 0.1) is 5.03 Å². The van der Waals surface area contributed by atoms with Gasteiger partial charge < -0.3 is 5.32 Å². The fourth-order valence-corrected chi connectivity index (χ4v) is 3.40. The highest BCUT2D eigenvalue weighted by molar-refractivity contribution is 9.10. The molecule has 126 valence electrons. The van der Waals surface area contributed by atoms with Gasteiger partial charge in [-0.3, -0.25) is 4.79 Å². The van der Waals surface area contributed by atoms with Gasteiger partial charge in [-0.15, -0.1) is 10.2 Å². The number of carbonyl (C=O) groups excluding carboxylic acids is 1. The van der Waals surface area contributed by atoms with Crippen LogP contribution in [0, 0.1) is 0 Å². The molecule has 8 heteroatoms. The van der Waals surface area contributed by atoms with Crippen LogP contribution in [-0.2, 0) is 0 Å². The zero-order valence-corrected chi connectivity index (χ0v) is 16.5. The van der Waals surface area contributed by atoms with E-state index in [-0.39, 0.29) is 10.9 Å². The first kappa shape index (κ1) is 18.1. The summed E-state index contributed by atoms with van der Waals surface area (Å²) in [6.07, 6.45) is 1.77. The summed E-state index contributed by atoms with van der Waals surface area (Å²) in [5.74, 6) is -0.349. The Morgan fingerprint density at radius 2 is 1.84 bits per heavy atom. The molecule has 0 aliphatic carbocycles. The van der Waals surface area contributed by atoms with Crippen molar-refractivity contribution in [3.05, 3.63) is 73.6 Å². The van der Waals surface area contributed by atoms with E-state index < -0.39 is 0 Å². The van der Waals surface area contributed by atoms with Gasteiger partial charge in [0.15, 0.2) is 5.01 Å². The third-order valence-electron chi connectivity index (χ3n) is 3.07. The lowest BCUT2D eigenvalue weighted by molar-refractivity contribution is 0.102. The molecule has 0 radical (unpaired) electrons. The van der Waals surface area contributed by atoms with Crippen LogP contribution >= 0.6 is 50.5 Å². The molecule has 1 heterocycles. The van der Waals surface area contributed by atoms with Gasteiger partial charge in [-0.05, 0) is 48.0 Å². The number of aromatic nitrogens is 2. The van der Waals surface area contributed by atoms with Gasteiger partial charge >= 0.3 is 0 Å². The molecule has 1 N–H and O–H groups in total. The number of amides is 1. The first-order valence-corrected chi connectivity index (χ1v) is 9.41. The Bertz CT molecular complexity index is 941. The summed E-state index contributed by atoms with van der Waals surface area (Å²) in [7, 11) is 0. The Morgan fingerprint density at radius 3 is 2.56 bits per heavy atom. The number of hydrogen-bond acceptors (Lipinski definition) is 4. The third-order valence-corrected chi connectivity index (χ3v) is 5.17. The van der Waals surface area contributed by atoms with Crippen molar-refractivity contribution >= 4 is 73.2 Å². The molecular formula is C17H10BrCl2N3OS. The van der Waals surface area contributed by atoms with Crippen molar-refractivity contribution in [2.45, 2.75) is 0 Å². The number of rotatable bonds is 4. The lowest BCUT2D eigenvalue weighted by Crippen LogP contribution is -2.11. The Labute approximate surface area is 166 Å². The molecular weight excluding hydrogens is 445 g/mol. The van der Waals surface area contributed by atoms with E-state index in [2.05, 4.69) is 31.4 Å². The molecule has 25 heavy (non-hydrogen) atoms. The molecule has 0 saturated carbocycles. The predicted octanol–water partition coefficient (Wildman–Crippen LogP) is 5.94. The van der Waals surface area contributed by atoms with Crippen LogP contribution in [-0.4, -0.2) is 16.1 Å². The summed E-state index contributed by atoms with van der Waals surface area (Å²) in [6.45, 7) is 0. The lowest BCUT2D eigenvalue weighted by atomic mass is 10.2. The van der Waals surface area contributed by atoms with Gasteiger partial charge in [-0.1, -0.05) is 62.6 Å². The number of halogens is 3. The van der Waals surface area contributed by atoms with Gasteiger partial charge in [0.1, 0.15) is 0 Å².